The van der Waals surface area contributed by atoms with Crippen molar-refractivity contribution in [1.82, 2.24) is 29.6 Å². The highest BCUT2D eigenvalue weighted by Gasteiger charge is 2.27. The van der Waals surface area contributed by atoms with Gasteiger partial charge in [-0.15, -0.1) is 5.10 Å². The minimum absolute atomic E-state index is 0.125. The molecule has 8 nitrogen and oxygen atoms in total. The van der Waals surface area contributed by atoms with Gasteiger partial charge in [0.15, 0.2) is 5.13 Å². The van der Waals surface area contributed by atoms with Crippen molar-refractivity contribution in [3.8, 4) is 5.69 Å². The molecule has 0 saturated carbocycles. The van der Waals surface area contributed by atoms with Gasteiger partial charge in [0.05, 0.1) is 5.69 Å². The molecular weight excluding hydrogens is 422 g/mol. The van der Waals surface area contributed by atoms with E-state index in [-0.39, 0.29) is 11.7 Å². The summed E-state index contributed by atoms with van der Waals surface area (Å²) in [7, 11) is 0. The van der Waals surface area contributed by atoms with Crippen molar-refractivity contribution in [2.24, 2.45) is 0 Å². The quantitative estimate of drug-likeness (QED) is 0.475. The van der Waals surface area contributed by atoms with Crippen LogP contribution in [0.1, 0.15) is 41.8 Å². The zero-order valence-electron chi connectivity index (χ0n) is 18.4. The first-order valence-corrected chi connectivity index (χ1v) is 11.6. The van der Waals surface area contributed by atoms with E-state index in [1.165, 1.54) is 5.56 Å². The number of carbonyl (C=O) groups excluding carboxylic acids is 1. The van der Waals surface area contributed by atoms with Crippen molar-refractivity contribution in [3.63, 3.8) is 0 Å². The molecule has 1 saturated heterocycles. The molecule has 0 atom stereocenters. The fourth-order valence-electron chi connectivity index (χ4n) is 4.01. The molecule has 1 aromatic carbocycles. The van der Waals surface area contributed by atoms with Crippen LogP contribution in [0.3, 0.4) is 0 Å². The Morgan fingerprint density at radius 2 is 1.81 bits per heavy atom. The van der Waals surface area contributed by atoms with Gasteiger partial charge in [0.25, 0.3) is 5.91 Å². The second-order valence-electron chi connectivity index (χ2n) is 8.21. The lowest BCUT2D eigenvalue weighted by molar-refractivity contribution is 0.0734. The van der Waals surface area contributed by atoms with Crippen molar-refractivity contribution in [2.45, 2.75) is 26.7 Å². The van der Waals surface area contributed by atoms with E-state index in [0.29, 0.717) is 24.8 Å². The lowest BCUT2D eigenvalue weighted by Gasteiger charge is -2.33. The number of anilines is 1. The molecule has 4 aromatic rings. The Kier molecular flexibility index (Phi) is 5.34. The highest BCUT2D eigenvalue weighted by atomic mass is 32.1. The molecule has 0 N–H and O–H groups in total. The lowest BCUT2D eigenvalue weighted by Crippen LogP contribution is -2.49. The summed E-state index contributed by atoms with van der Waals surface area (Å²) in [6.07, 6.45) is 1.79. The molecule has 0 radical (unpaired) electrons. The summed E-state index contributed by atoms with van der Waals surface area (Å²) in [5.74, 6) is 1.18. The molecule has 1 aliphatic rings. The van der Waals surface area contributed by atoms with Gasteiger partial charge in [-0.2, -0.15) is 0 Å². The Morgan fingerprint density at radius 1 is 1.03 bits per heavy atom. The molecule has 5 rings (SSSR count). The topological polar surface area (TPSA) is 80.0 Å². The number of piperazine rings is 1. The second-order valence-corrected chi connectivity index (χ2v) is 9.17. The fourth-order valence-corrected chi connectivity index (χ4v) is 4.97. The highest BCUT2D eigenvalue weighted by Crippen LogP contribution is 2.28. The summed E-state index contributed by atoms with van der Waals surface area (Å²) in [5.41, 5.74) is 3.07. The fraction of sp³-hybridized carbons (Fsp3) is 0.348. The summed E-state index contributed by atoms with van der Waals surface area (Å²) in [6.45, 7) is 8.86. The Hall–Kier alpha value is -3.33. The molecule has 0 unspecified atom stereocenters. The number of fused-ring (bicyclic) bond motifs is 1. The SMILES string of the molecule is Cc1nc(C(=O)N2CCN(c3nc4cccnc4s3)CC2)nn1-c1ccccc1C(C)C. The van der Waals surface area contributed by atoms with Crippen LogP contribution in [-0.4, -0.2) is 61.7 Å². The van der Waals surface area contributed by atoms with E-state index in [1.54, 1.807) is 22.2 Å². The van der Waals surface area contributed by atoms with Crippen LogP contribution in [0, 0.1) is 6.92 Å². The highest BCUT2D eigenvalue weighted by molar-refractivity contribution is 7.21. The van der Waals surface area contributed by atoms with Crippen LogP contribution in [-0.2, 0) is 0 Å². The molecule has 1 amide bonds. The lowest BCUT2D eigenvalue weighted by atomic mass is 10.0. The molecule has 9 heteroatoms. The number of thiazole rings is 1. The maximum absolute atomic E-state index is 13.1. The maximum atomic E-state index is 13.1. The summed E-state index contributed by atoms with van der Waals surface area (Å²) >= 11 is 1.59. The van der Waals surface area contributed by atoms with Gasteiger partial charge < -0.3 is 9.80 Å². The number of aromatic nitrogens is 5. The van der Waals surface area contributed by atoms with Crippen molar-refractivity contribution < 1.29 is 4.79 Å². The summed E-state index contributed by atoms with van der Waals surface area (Å²) in [6, 6.07) is 12.0. The van der Waals surface area contributed by atoms with Gasteiger partial charge in [-0.3, -0.25) is 4.79 Å². The van der Waals surface area contributed by atoms with Gasteiger partial charge in [0.1, 0.15) is 16.2 Å². The van der Waals surface area contributed by atoms with Gasteiger partial charge >= 0.3 is 0 Å². The van der Waals surface area contributed by atoms with Gasteiger partial charge in [-0.25, -0.2) is 19.6 Å². The molecule has 0 spiro atoms. The number of hydrogen-bond donors (Lipinski definition) is 0. The van der Waals surface area contributed by atoms with E-state index in [0.717, 1.165) is 34.3 Å². The first kappa shape index (κ1) is 20.6. The van der Waals surface area contributed by atoms with Crippen molar-refractivity contribution in [3.05, 3.63) is 59.8 Å². The van der Waals surface area contributed by atoms with Crippen molar-refractivity contribution in [2.75, 3.05) is 31.1 Å². The number of benzene rings is 1. The van der Waals surface area contributed by atoms with E-state index in [1.807, 2.05) is 42.2 Å². The summed E-state index contributed by atoms with van der Waals surface area (Å²) in [5, 5.41) is 5.54. The minimum Gasteiger partial charge on any atom is -0.344 e. The molecule has 32 heavy (non-hydrogen) atoms. The number of carbonyl (C=O) groups is 1. The zero-order chi connectivity index (χ0) is 22.2. The van der Waals surface area contributed by atoms with E-state index < -0.39 is 0 Å². The number of nitrogens with zero attached hydrogens (tertiary/aromatic N) is 7. The van der Waals surface area contributed by atoms with E-state index >= 15 is 0 Å². The monoisotopic (exact) mass is 447 g/mol. The number of para-hydroxylation sites is 1. The summed E-state index contributed by atoms with van der Waals surface area (Å²) in [4.78, 5) is 31.7. The molecule has 0 aliphatic carbocycles. The van der Waals surface area contributed by atoms with Crippen LogP contribution in [0.2, 0.25) is 0 Å². The average molecular weight is 448 g/mol. The van der Waals surface area contributed by atoms with Gasteiger partial charge in [-0.05, 0) is 36.6 Å². The van der Waals surface area contributed by atoms with Crippen LogP contribution < -0.4 is 4.90 Å². The Labute approximate surface area is 190 Å². The van der Waals surface area contributed by atoms with E-state index in [2.05, 4.69) is 44.9 Å². The van der Waals surface area contributed by atoms with Crippen LogP contribution >= 0.6 is 11.3 Å². The van der Waals surface area contributed by atoms with Gasteiger partial charge in [-0.1, -0.05) is 43.4 Å². The smallest absolute Gasteiger partial charge is 0.293 e. The number of pyridine rings is 1. The largest absolute Gasteiger partial charge is 0.344 e. The number of hydrogen-bond acceptors (Lipinski definition) is 7. The molecule has 3 aromatic heterocycles. The molecule has 4 heterocycles. The predicted molar refractivity (Wildman–Crippen MR) is 126 cm³/mol. The molecule has 1 fully saturated rings. The summed E-state index contributed by atoms with van der Waals surface area (Å²) < 4.78 is 1.78. The predicted octanol–water partition coefficient (Wildman–Crippen LogP) is 3.67. The van der Waals surface area contributed by atoms with Crippen LogP contribution in [0.15, 0.2) is 42.6 Å². The third kappa shape index (κ3) is 3.73. The molecule has 1 aliphatic heterocycles. The third-order valence-electron chi connectivity index (χ3n) is 5.74. The van der Waals surface area contributed by atoms with Gasteiger partial charge in [0.2, 0.25) is 5.82 Å². The normalized spacial score (nSPS) is 14.5. The van der Waals surface area contributed by atoms with Crippen LogP contribution in [0.4, 0.5) is 5.13 Å². The third-order valence-corrected chi connectivity index (χ3v) is 6.78. The molecule has 164 valence electrons. The number of rotatable bonds is 4. The van der Waals surface area contributed by atoms with Crippen LogP contribution in [0.25, 0.3) is 16.0 Å². The number of aryl methyl sites for hydroxylation is 1. The van der Waals surface area contributed by atoms with E-state index in [9.17, 15) is 4.79 Å². The zero-order valence-corrected chi connectivity index (χ0v) is 19.2. The average Bonchev–Trinajstić information content (AvgIpc) is 3.42. The van der Waals surface area contributed by atoms with Crippen molar-refractivity contribution in [1.29, 1.82) is 0 Å². The minimum atomic E-state index is -0.125. The van der Waals surface area contributed by atoms with E-state index in [4.69, 9.17) is 0 Å². The Morgan fingerprint density at radius 3 is 2.56 bits per heavy atom. The first-order chi connectivity index (χ1) is 15.5. The van der Waals surface area contributed by atoms with Crippen molar-refractivity contribution >= 4 is 32.7 Å². The second kappa shape index (κ2) is 8.31. The number of amides is 1. The molecular formula is C23H25N7OS. The van der Waals surface area contributed by atoms with Gasteiger partial charge in [0, 0.05) is 32.4 Å². The Balaban J connectivity index is 1.31. The molecule has 0 bridgehead atoms. The van der Waals surface area contributed by atoms with Crippen LogP contribution in [0.5, 0.6) is 0 Å². The maximum Gasteiger partial charge on any atom is 0.293 e. The first-order valence-electron chi connectivity index (χ1n) is 10.8. The standard InChI is InChI=1S/C23H25N7OS/c1-15(2)17-7-4-5-9-19(17)30-16(3)25-20(27-30)22(31)28-11-13-29(14-12-28)23-26-18-8-6-10-24-21(18)32-23/h4-10,15H,11-14H2,1-3H3. The Bertz CT molecular complexity index is 1240.